The normalized spacial score (nSPS) is 10.4. The van der Waals surface area contributed by atoms with Crippen LogP contribution in [0.1, 0.15) is 21.7 Å². The lowest BCUT2D eigenvalue weighted by atomic mass is 10.1. The van der Waals surface area contributed by atoms with Crippen LogP contribution in [0.15, 0.2) is 54.6 Å². The quantitative estimate of drug-likeness (QED) is 0.627. The Kier molecular flexibility index (Phi) is 6.45. The molecule has 2 N–H and O–H groups in total. The van der Waals surface area contributed by atoms with Crippen LogP contribution < -0.4 is 15.4 Å². The molecular formula is C21H21ClN4O2. The maximum absolute atomic E-state index is 12.5. The number of ether oxygens (including phenoxy) is 1. The van der Waals surface area contributed by atoms with Gasteiger partial charge in [-0.3, -0.25) is 4.79 Å². The molecule has 7 heteroatoms. The second-order valence-corrected chi connectivity index (χ2v) is 6.59. The zero-order valence-corrected chi connectivity index (χ0v) is 16.5. The molecule has 28 heavy (non-hydrogen) atoms. The minimum absolute atomic E-state index is 0.239. The lowest BCUT2D eigenvalue weighted by molar-refractivity contribution is 0.0949. The predicted molar refractivity (Wildman–Crippen MR) is 111 cm³/mol. The SMILES string of the molecule is COc1ccc(Nc2nc(C)cc(C(=O)NCCc3ccccc3)n2)cc1Cl. The van der Waals surface area contributed by atoms with Crippen LogP contribution in [0.3, 0.4) is 0 Å². The van der Waals surface area contributed by atoms with E-state index in [-0.39, 0.29) is 5.91 Å². The maximum atomic E-state index is 12.5. The number of aryl methyl sites for hydroxylation is 1. The molecule has 0 saturated carbocycles. The van der Waals surface area contributed by atoms with Crippen LogP contribution in [-0.4, -0.2) is 29.5 Å². The third kappa shape index (κ3) is 5.20. The molecule has 0 aliphatic carbocycles. The van der Waals surface area contributed by atoms with Crippen LogP contribution in [0.4, 0.5) is 11.6 Å². The Morgan fingerprint density at radius 3 is 2.61 bits per heavy atom. The summed E-state index contributed by atoms with van der Waals surface area (Å²) in [6, 6.07) is 16.9. The summed E-state index contributed by atoms with van der Waals surface area (Å²) in [4.78, 5) is 21.1. The van der Waals surface area contributed by atoms with Crippen molar-refractivity contribution >= 4 is 29.1 Å². The van der Waals surface area contributed by atoms with E-state index in [0.29, 0.717) is 40.3 Å². The minimum Gasteiger partial charge on any atom is -0.495 e. The molecule has 1 aromatic heterocycles. The zero-order chi connectivity index (χ0) is 19.9. The number of carbonyl (C=O) groups is 1. The number of anilines is 2. The van der Waals surface area contributed by atoms with E-state index in [2.05, 4.69) is 20.6 Å². The molecule has 1 amide bonds. The number of nitrogens with zero attached hydrogens (tertiary/aromatic N) is 2. The van der Waals surface area contributed by atoms with Gasteiger partial charge in [-0.05, 0) is 43.2 Å². The van der Waals surface area contributed by atoms with Crippen molar-refractivity contribution in [3.8, 4) is 5.75 Å². The number of rotatable bonds is 7. The van der Waals surface area contributed by atoms with Gasteiger partial charge in [-0.1, -0.05) is 41.9 Å². The first-order valence-corrected chi connectivity index (χ1v) is 9.21. The number of benzene rings is 2. The summed E-state index contributed by atoms with van der Waals surface area (Å²) in [7, 11) is 1.56. The van der Waals surface area contributed by atoms with E-state index in [1.807, 2.05) is 37.3 Å². The Balaban J connectivity index is 1.66. The standard InChI is InChI=1S/C21H21ClN4O2/c1-14-12-18(20(27)23-11-10-15-6-4-3-5-7-15)26-21(24-14)25-16-8-9-19(28-2)17(22)13-16/h3-9,12-13H,10-11H2,1-2H3,(H,23,27)(H,24,25,26). The molecule has 3 aromatic rings. The molecule has 0 aliphatic heterocycles. The van der Waals surface area contributed by atoms with Gasteiger partial charge in [-0.15, -0.1) is 0 Å². The van der Waals surface area contributed by atoms with E-state index in [1.165, 1.54) is 5.56 Å². The summed E-state index contributed by atoms with van der Waals surface area (Å²) in [5.41, 5.74) is 2.86. The predicted octanol–water partition coefficient (Wildman–Crippen LogP) is 4.16. The second-order valence-electron chi connectivity index (χ2n) is 6.18. The van der Waals surface area contributed by atoms with Crippen molar-refractivity contribution in [2.75, 3.05) is 19.0 Å². The fourth-order valence-corrected chi connectivity index (χ4v) is 2.93. The van der Waals surface area contributed by atoms with Gasteiger partial charge in [-0.25, -0.2) is 9.97 Å². The summed E-state index contributed by atoms with van der Waals surface area (Å²) in [5, 5.41) is 6.44. The fourth-order valence-electron chi connectivity index (χ4n) is 2.67. The van der Waals surface area contributed by atoms with Gasteiger partial charge in [-0.2, -0.15) is 0 Å². The van der Waals surface area contributed by atoms with Crippen molar-refractivity contribution in [2.45, 2.75) is 13.3 Å². The number of nitrogens with one attached hydrogen (secondary N) is 2. The largest absolute Gasteiger partial charge is 0.495 e. The van der Waals surface area contributed by atoms with Crippen LogP contribution in [0.25, 0.3) is 0 Å². The van der Waals surface area contributed by atoms with Gasteiger partial charge in [0.2, 0.25) is 5.95 Å². The molecule has 0 aliphatic rings. The summed E-state index contributed by atoms with van der Waals surface area (Å²) in [6.45, 7) is 2.34. The first kappa shape index (κ1) is 19.6. The Morgan fingerprint density at radius 2 is 1.89 bits per heavy atom. The minimum atomic E-state index is -0.239. The molecular weight excluding hydrogens is 376 g/mol. The lowest BCUT2D eigenvalue weighted by Gasteiger charge is -2.10. The first-order chi connectivity index (χ1) is 13.5. The van der Waals surface area contributed by atoms with Gasteiger partial charge in [0.25, 0.3) is 5.91 Å². The van der Waals surface area contributed by atoms with Crippen LogP contribution in [-0.2, 0) is 6.42 Å². The highest BCUT2D eigenvalue weighted by molar-refractivity contribution is 6.32. The molecule has 0 fully saturated rings. The molecule has 0 saturated heterocycles. The van der Waals surface area contributed by atoms with Crippen LogP contribution in [0.2, 0.25) is 5.02 Å². The van der Waals surface area contributed by atoms with Crippen molar-refractivity contribution in [3.63, 3.8) is 0 Å². The zero-order valence-electron chi connectivity index (χ0n) is 15.7. The summed E-state index contributed by atoms with van der Waals surface area (Å²) in [5.74, 6) is 0.669. The third-order valence-corrected chi connectivity index (χ3v) is 4.33. The van der Waals surface area contributed by atoms with Crippen LogP contribution >= 0.6 is 11.6 Å². The average Bonchev–Trinajstić information content (AvgIpc) is 2.68. The molecule has 0 atom stereocenters. The van der Waals surface area contributed by atoms with Crippen molar-refractivity contribution in [2.24, 2.45) is 0 Å². The van der Waals surface area contributed by atoms with Gasteiger partial charge in [0.1, 0.15) is 11.4 Å². The molecule has 0 radical (unpaired) electrons. The molecule has 0 unspecified atom stereocenters. The highest BCUT2D eigenvalue weighted by Gasteiger charge is 2.11. The van der Waals surface area contributed by atoms with Crippen molar-refractivity contribution < 1.29 is 9.53 Å². The molecule has 6 nitrogen and oxygen atoms in total. The molecule has 144 valence electrons. The van der Waals surface area contributed by atoms with E-state index < -0.39 is 0 Å². The smallest absolute Gasteiger partial charge is 0.270 e. The summed E-state index contributed by atoms with van der Waals surface area (Å²) < 4.78 is 5.15. The Labute approximate surface area is 168 Å². The molecule has 2 aromatic carbocycles. The van der Waals surface area contributed by atoms with E-state index in [9.17, 15) is 4.79 Å². The van der Waals surface area contributed by atoms with E-state index in [0.717, 1.165) is 6.42 Å². The average molecular weight is 397 g/mol. The molecule has 3 rings (SSSR count). The van der Waals surface area contributed by atoms with E-state index in [4.69, 9.17) is 16.3 Å². The highest BCUT2D eigenvalue weighted by Crippen LogP contribution is 2.28. The van der Waals surface area contributed by atoms with Gasteiger partial charge >= 0.3 is 0 Å². The Hall–Kier alpha value is -3.12. The fraction of sp³-hybridized carbons (Fsp3) is 0.190. The number of carbonyl (C=O) groups excluding carboxylic acids is 1. The van der Waals surface area contributed by atoms with Crippen molar-refractivity contribution in [3.05, 3.63) is 76.6 Å². The molecule has 0 bridgehead atoms. The van der Waals surface area contributed by atoms with E-state index >= 15 is 0 Å². The topological polar surface area (TPSA) is 76.1 Å². The highest BCUT2D eigenvalue weighted by atomic mass is 35.5. The van der Waals surface area contributed by atoms with Crippen LogP contribution in [0, 0.1) is 6.92 Å². The van der Waals surface area contributed by atoms with Gasteiger partial charge in [0.15, 0.2) is 0 Å². The van der Waals surface area contributed by atoms with Crippen LogP contribution in [0.5, 0.6) is 5.75 Å². The maximum Gasteiger partial charge on any atom is 0.270 e. The summed E-state index contributed by atoms with van der Waals surface area (Å²) in [6.07, 6.45) is 0.756. The number of halogens is 1. The van der Waals surface area contributed by atoms with Crippen molar-refractivity contribution in [1.82, 2.24) is 15.3 Å². The molecule has 0 spiro atoms. The van der Waals surface area contributed by atoms with Gasteiger partial charge in [0.05, 0.1) is 12.1 Å². The van der Waals surface area contributed by atoms with E-state index in [1.54, 1.807) is 31.4 Å². The summed E-state index contributed by atoms with van der Waals surface area (Å²) >= 11 is 6.15. The lowest BCUT2D eigenvalue weighted by Crippen LogP contribution is -2.27. The number of methoxy groups -OCH3 is 1. The Morgan fingerprint density at radius 1 is 1.11 bits per heavy atom. The monoisotopic (exact) mass is 396 g/mol. The number of hydrogen-bond donors (Lipinski definition) is 2. The Bertz CT molecular complexity index is 964. The third-order valence-electron chi connectivity index (χ3n) is 4.04. The molecule has 1 heterocycles. The second kappa shape index (κ2) is 9.19. The number of hydrogen-bond acceptors (Lipinski definition) is 5. The number of amides is 1. The van der Waals surface area contributed by atoms with Gasteiger partial charge in [0, 0.05) is 17.9 Å². The first-order valence-electron chi connectivity index (χ1n) is 8.83. The van der Waals surface area contributed by atoms with Crippen molar-refractivity contribution in [1.29, 1.82) is 0 Å². The number of aromatic nitrogens is 2. The van der Waals surface area contributed by atoms with Gasteiger partial charge < -0.3 is 15.4 Å².